The smallest absolute Gasteiger partial charge is 0.393 e. The van der Waals surface area contributed by atoms with Crippen LogP contribution in [0.25, 0.3) is 0 Å². The van der Waals surface area contributed by atoms with E-state index in [1.165, 1.54) is 23.5 Å². The van der Waals surface area contributed by atoms with Gasteiger partial charge in [-0.3, -0.25) is 4.79 Å². The van der Waals surface area contributed by atoms with Gasteiger partial charge in [0.05, 0.1) is 17.5 Å². The first-order valence-corrected chi connectivity index (χ1v) is 5.61. The molecule has 0 fully saturated rings. The summed E-state index contributed by atoms with van der Waals surface area (Å²) in [7, 11) is 0. The predicted octanol–water partition coefficient (Wildman–Crippen LogP) is 2.07. The largest absolute Gasteiger partial charge is 0.480 e. The molecule has 2 N–H and O–H groups in total. The minimum Gasteiger partial charge on any atom is -0.393 e. The van der Waals surface area contributed by atoms with Crippen molar-refractivity contribution in [1.82, 2.24) is 5.32 Å². The summed E-state index contributed by atoms with van der Waals surface area (Å²) in [5, 5.41) is 13.1. The van der Waals surface area contributed by atoms with Crippen LogP contribution in [0.4, 0.5) is 5.88 Å². The molecule has 2 heterocycles. The first-order chi connectivity index (χ1) is 8.16. The number of hydrogen-bond donors (Lipinski definition) is 2. The highest BCUT2D eigenvalue weighted by molar-refractivity contribution is 7.09. The van der Waals surface area contributed by atoms with E-state index in [9.17, 15) is 9.70 Å². The van der Waals surface area contributed by atoms with Crippen molar-refractivity contribution < 1.29 is 19.3 Å². The van der Waals surface area contributed by atoms with Gasteiger partial charge in [-0.15, -0.1) is 11.3 Å². The summed E-state index contributed by atoms with van der Waals surface area (Å²) in [6.45, 7) is 0.396. The Morgan fingerprint density at radius 2 is 2.29 bits per heavy atom. The second kappa shape index (κ2) is 4.79. The summed E-state index contributed by atoms with van der Waals surface area (Å²) < 4.78 is 4.83. The third kappa shape index (κ3) is 2.70. The molecule has 6 nitrogen and oxygen atoms in total. The fourth-order valence-electron chi connectivity index (χ4n) is 1.22. The van der Waals surface area contributed by atoms with Crippen molar-refractivity contribution in [2.45, 2.75) is 6.54 Å². The zero-order valence-corrected chi connectivity index (χ0v) is 9.44. The molecule has 88 valence electrons. The maximum Gasteiger partial charge on any atom is 0.480 e. The number of nitrogens with one attached hydrogen (secondary N) is 1. The zero-order chi connectivity index (χ0) is 12.3. The van der Waals surface area contributed by atoms with E-state index in [0.29, 0.717) is 6.54 Å². The highest BCUT2D eigenvalue weighted by Gasteiger charge is 2.20. The van der Waals surface area contributed by atoms with E-state index in [1.54, 1.807) is 0 Å². The average Bonchev–Trinajstić information content (AvgIpc) is 2.96. The van der Waals surface area contributed by atoms with E-state index >= 15 is 0 Å². The second-order valence-corrected chi connectivity index (χ2v) is 4.21. The molecule has 0 atom stereocenters. The number of furan rings is 1. The SMILES string of the molecule is O=C(NCc1cccs1)c1ccc([N+](=O)O)o1. The summed E-state index contributed by atoms with van der Waals surface area (Å²) in [5.74, 6) is -0.788. The van der Waals surface area contributed by atoms with Crippen molar-refractivity contribution in [3.05, 3.63) is 45.2 Å². The second-order valence-electron chi connectivity index (χ2n) is 3.17. The third-order valence-electron chi connectivity index (χ3n) is 2.01. The van der Waals surface area contributed by atoms with Gasteiger partial charge in [-0.2, -0.15) is 0 Å². The molecule has 0 saturated carbocycles. The van der Waals surface area contributed by atoms with Gasteiger partial charge >= 0.3 is 5.88 Å². The minimum absolute atomic E-state index is 0.0218. The first-order valence-electron chi connectivity index (χ1n) is 4.73. The quantitative estimate of drug-likeness (QED) is 0.817. The molecule has 0 aliphatic carbocycles. The standard InChI is InChI=1S/C10H8N2O4S/c13-10(11-6-7-2-1-5-17-7)8-3-4-9(16-8)12(14)15/h1-5H,6H2,(H-,11,13,14,15)/p+1. The lowest BCUT2D eigenvalue weighted by Crippen LogP contribution is -2.21. The zero-order valence-electron chi connectivity index (χ0n) is 8.62. The van der Waals surface area contributed by atoms with Crippen molar-refractivity contribution in [2.75, 3.05) is 0 Å². The molecule has 17 heavy (non-hydrogen) atoms. The number of hydrogen-bond acceptors (Lipinski definition) is 4. The molecule has 0 radical (unpaired) electrons. The van der Waals surface area contributed by atoms with Crippen LogP contribution in [0.5, 0.6) is 0 Å². The molecular weight excluding hydrogens is 244 g/mol. The Kier molecular flexibility index (Phi) is 3.20. The summed E-state index contributed by atoms with van der Waals surface area (Å²) in [5.41, 5.74) is 0. The van der Waals surface area contributed by atoms with Gasteiger partial charge in [0.2, 0.25) is 0 Å². The van der Waals surface area contributed by atoms with Crippen molar-refractivity contribution in [2.24, 2.45) is 0 Å². The molecule has 0 aromatic carbocycles. The van der Waals surface area contributed by atoms with Crippen LogP contribution in [0.15, 0.2) is 34.1 Å². The molecule has 0 aliphatic heterocycles. The molecule has 2 aromatic rings. The van der Waals surface area contributed by atoms with Gasteiger partial charge in [0, 0.05) is 4.88 Å². The summed E-state index contributed by atoms with van der Waals surface area (Å²) in [6, 6.07) is 6.32. The van der Waals surface area contributed by atoms with Gasteiger partial charge in [-0.1, -0.05) is 6.07 Å². The van der Waals surface area contributed by atoms with E-state index in [1.807, 2.05) is 17.5 Å². The fraction of sp³-hybridized carbons (Fsp3) is 0.100. The molecule has 2 rings (SSSR count). The highest BCUT2D eigenvalue weighted by atomic mass is 32.1. The predicted molar refractivity (Wildman–Crippen MR) is 59.3 cm³/mol. The number of thiophene rings is 1. The number of carbonyl (C=O) groups is 1. The van der Waals surface area contributed by atoms with E-state index in [2.05, 4.69) is 5.32 Å². The van der Waals surface area contributed by atoms with Crippen LogP contribution in [0.1, 0.15) is 15.4 Å². The highest BCUT2D eigenvalue weighted by Crippen LogP contribution is 2.15. The number of carbonyl (C=O) groups excluding carboxylic acids is 1. The molecule has 2 aromatic heterocycles. The van der Waals surface area contributed by atoms with Crippen molar-refractivity contribution in [3.8, 4) is 0 Å². The van der Waals surface area contributed by atoms with Crippen LogP contribution in [0.2, 0.25) is 0 Å². The van der Waals surface area contributed by atoms with E-state index in [0.717, 1.165) is 4.88 Å². The maximum absolute atomic E-state index is 11.6. The molecule has 0 bridgehead atoms. The summed E-state index contributed by atoms with van der Waals surface area (Å²) in [4.78, 5) is 22.6. The minimum atomic E-state index is -0.438. The van der Waals surface area contributed by atoms with Crippen molar-refractivity contribution in [3.63, 3.8) is 0 Å². The molecule has 0 aliphatic rings. The van der Waals surface area contributed by atoms with Crippen LogP contribution in [-0.2, 0) is 6.54 Å². The Morgan fingerprint density at radius 1 is 1.47 bits per heavy atom. The summed E-state index contributed by atoms with van der Waals surface area (Å²) in [6.07, 6.45) is 0. The monoisotopic (exact) mass is 253 g/mol. The lowest BCUT2D eigenvalue weighted by molar-refractivity contribution is -0.737. The topological polar surface area (TPSA) is 82.5 Å². The van der Waals surface area contributed by atoms with Gasteiger partial charge in [0.25, 0.3) is 10.8 Å². The van der Waals surface area contributed by atoms with Crippen molar-refractivity contribution >= 4 is 23.1 Å². The lowest BCUT2D eigenvalue weighted by Gasteiger charge is -1.99. The average molecular weight is 253 g/mol. The Bertz CT molecular complexity index is 532. The van der Waals surface area contributed by atoms with Gasteiger partial charge < -0.3 is 9.73 Å². The number of nitrogens with zero attached hydrogens (tertiary/aromatic N) is 1. The van der Waals surface area contributed by atoms with Crippen LogP contribution in [0, 0.1) is 4.91 Å². The molecule has 0 saturated heterocycles. The van der Waals surface area contributed by atoms with Crippen molar-refractivity contribution in [1.29, 1.82) is 0 Å². The van der Waals surface area contributed by atoms with Gasteiger partial charge in [0.15, 0.2) is 5.76 Å². The van der Waals surface area contributed by atoms with Gasteiger partial charge in [-0.05, 0) is 17.5 Å². The van der Waals surface area contributed by atoms with Crippen LogP contribution < -0.4 is 5.32 Å². The Balaban J connectivity index is 1.97. The molecule has 1 amide bonds. The van der Waals surface area contributed by atoms with Gasteiger partial charge in [-0.25, -0.2) is 5.21 Å². The molecule has 0 unspecified atom stereocenters. The van der Waals surface area contributed by atoms with Crippen LogP contribution >= 0.6 is 11.3 Å². The first kappa shape index (κ1) is 11.3. The van der Waals surface area contributed by atoms with Crippen LogP contribution in [-0.4, -0.2) is 16.0 Å². The molecular formula is C10H9N2O4S+. The van der Waals surface area contributed by atoms with E-state index in [-0.39, 0.29) is 11.6 Å². The Hall–Kier alpha value is -2.15. The fourth-order valence-corrected chi connectivity index (χ4v) is 1.86. The molecule has 7 heteroatoms. The number of amides is 1. The summed E-state index contributed by atoms with van der Waals surface area (Å²) >= 11 is 1.53. The van der Waals surface area contributed by atoms with E-state index < -0.39 is 10.8 Å². The Labute approximate surface area is 100 Å². The lowest BCUT2D eigenvalue weighted by atomic mass is 10.4. The Morgan fingerprint density at radius 3 is 2.88 bits per heavy atom. The van der Waals surface area contributed by atoms with Crippen LogP contribution in [0.3, 0.4) is 0 Å². The van der Waals surface area contributed by atoms with E-state index in [4.69, 9.17) is 9.62 Å². The molecule has 0 spiro atoms. The number of rotatable bonds is 4. The van der Waals surface area contributed by atoms with Gasteiger partial charge in [0.1, 0.15) is 0 Å². The third-order valence-corrected chi connectivity index (χ3v) is 2.88. The normalized spacial score (nSPS) is 10.1. The maximum atomic E-state index is 11.6.